The Kier molecular flexibility index (Phi) is 6.76. The number of amides is 1. The lowest BCUT2D eigenvalue weighted by molar-refractivity contribution is -0.145. The molecule has 1 heterocycles. The Morgan fingerprint density at radius 2 is 1.78 bits per heavy atom. The van der Waals surface area contributed by atoms with E-state index in [1.807, 2.05) is 4.90 Å². The van der Waals surface area contributed by atoms with Crippen molar-refractivity contribution in [3.63, 3.8) is 0 Å². The number of rotatable bonds is 5. The summed E-state index contributed by atoms with van der Waals surface area (Å²) in [6, 6.07) is 6.72. The molecule has 0 aromatic heterocycles. The van der Waals surface area contributed by atoms with Crippen LogP contribution < -0.4 is 5.73 Å². The van der Waals surface area contributed by atoms with Gasteiger partial charge in [0.15, 0.2) is 5.78 Å². The van der Waals surface area contributed by atoms with Gasteiger partial charge in [-0.2, -0.15) is 0 Å². The minimum Gasteiger partial charge on any atom is -0.389 e. The molecule has 147 valence electrons. The van der Waals surface area contributed by atoms with Crippen LogP contribution in [0.5, 0.6) is 0 Å². The van der Waals surface area contributed by atoms with Gasteiger partial charge in [-0.05, 0) is 18.3 Å². The molecule has 1 saturated heterocycles. The van der Waals surface area contributed by atoms with Crippen LogP contribution in [0.15, 0.2) is 24.3 Å². The van der Waals surface area contributed by atoms with Crippen molar-refractivity contribution in [2.24, 2.45) is 17.1 Å². The van der Waals surface area contributed by atoms with Gasteiger partial charge < -0.3 is 10.6 Å². The van der Waals surface area contributed by atoms with Gasteiger partial charge in [0.2, 0.25) is 5.91 Å². The number of thiocarbonyl (C=S) groups is 1. The third-order valence-corrected chi connectivity index (χ3v) is 5.48. The van der Waals surface area contributed by atoms with E-state index in [4.69, 9.17) is 18.0 Å². The lowest BCUT2D eigenvalue weighted by Crippen LogP contribution is -2.54. The zero-order valence-electron chi connectivity index (χ0n) is 16.5. The first-order chi connectivity index (χ1) is 12.5. The highest BCUT2D eigenvalue weighted by Gasteiger charge is 2.39. The predicted molar refractivity (Wildman–Crippen MR) is 109 cm³/mol. The van der Waals surface area contributed by atoms with Crippen LogP contribution in [0.3, 0.4) is 0 Å². The van der Waals surface area contributed by atoms with Gasteiger partial charge in [0.25, 0.3) is 0 Å². The monoisotopic (exact) mass is 389 g/mol. The summed E-state index contributed by atoms with van der Waals surface area (Å²) >= 11 is 4.92. The normalized spacial score (nSPS) is 21.6. The summed E-state index contributed by atoms with van der Waals surface area (Å²) in [5.41, 5.74) is 6.66. The number of carbonyl (C=O) groups excluding carboxylic acids is 2. The van der Waals surface area contributed by atoms with Crippen LogP contribution in [0, 0.1) is 11.3 Å². The number of piperidine rings is 1. The maximum Gasteiger partial charge on any atom is 0.226 e. The van der Waals surface area contributed by atoms with Crippen molar-refractivity contribution in [3.05, 3.63) is 35.4 Å². The second-order valence-corrected chi connectivity index (χ2v) is 8.97. The van der Waals surface area contributed by atoms with Crippen LogP contribution in [-0.4, -0.2) is 40.3 Å². The van der Waals surface area contributed by atoms with E-state index in [1.165, 1.54) is 0 Å². The summed E-state index contributed by atoms with van der Waals surface area (Å²) in [5.74, 6) is -0.563. The van der Waals surface area contributed by atoms with E-state index in [-0.39, 0.29) is 34.6 Å². The molecule has 2 unspecified atom stereocenters. The second-order valence-electron chi connectivity index (χ2n) is 8.53. The molecule has 1 aliphatic heterocycles. The number of hydrogen-bond donors (Lipinski definition) is 1. The number of benzene rings is 1. The van der Waals surface area contributed by atoms with E-state index in [2.05, 4.69) is 20.8 Å². The Hall–Kier alpha value is -1.79. The second kappa shape index (κ2) is 8.48. The Morgan fingerprint density at radius 1 is 1.22 bits per heavy atom. The maximum atomic E-state index is 13.0. The van der Waals surface area contributed by atoms with Gasteiger partial charge in [-0.3, -0.25) is 9.59 Å². The van der Waals surface area contributed by atoms with Crippen LogP contribution in [-0.2, 0) is 9.90 Å². The zero-order valence-corrected chi connectivity index (χ0v) is 17.3. The average molecular weight is 390 g/mol. The fraction of sp³-hybridized carbons (Fsp3) is 0.571. The van der Waals surface area contributed by atoms with E-state index in [1.54, 1.807) is 31.2 Å². The number of nitrogens with two attached hydrogens (primary N) is 1. The predicted octanol–water partition coefficient (Wildman–Crippen LogP) is 3.37. The summed E-state index contributed by atoms with van der Waals surface area (Å²) in [6.45, 7) is 8.41. The Morgan fingerprint density at radius 3 is 2.30 bits per heavy atom. The topological polar surface area (TPSA) is 83.3 Å². The van der Waals surface area contributed by atoms with E-state index < -0.39 is 12.0 Å². The fourth-order valence-electron chi connectivity index (χ4n) is 3.60. The third-order valence-electron chi connectivity index (χ3n) is 5.24. The first-order valence-corrected chi connectivity index (χ1v) is 9.81. The molecular weight excluding hydrogens is 360 g/mol. The highest BCUT2D eigenvalue weighted by atomic mass is 32.1. The van der Waals surface area contributed by atoms with Crippen molar-refractivity contribution in [1.82, 2.24) is 4.90 Å². The molecule has 0 saturated carbocycles. The Labute approximate surface area is 166 Å². The maximum absolute atomic E-state index is 13.0. The summed E-state index contributed by atoms with van der Waals surface area (Å²) < 4.78 is 0. The van der Waals surface area contributed by atoms with E-state index >= 15 is 0 Å². The van der Waals surface area contributed by atoms with Gasteiger partial charge in [-0.15, -0.1) is 0 Å². The van der Waals surface area contributed by atoms with Crippen molar-refractivity contribution in [1.29, 1.82) is 0 Å². The molecule has 1 radical (unpaired) electrons. The molecular formula is C21H29N2O3S. The largest absolute Gasteiger partial charge is 0.389 e. The Balaban J connectivity index is 2.07. The van der Waals surface area contributed by atoms with Crippen molar-refractivity contribution in [3.8, 4) is 0 Å². The summed E-state index contributed by atoms with van der Waals surface area (Å²) in [7, 11) is 0. The molecule has 6 heteroatoms. The highest BCUT2D eigenvalue weighted by Crippen LogP contribution is 2.33. The lowest BCUT2D eigenvalue weighted by Gasteiger charge is -2.45. The molecule has 3 atom stereocenters. The molecule has 2 N–H and O–H groups in total. The summed E-state index contributed by atoms with van der Waals surface area (Å²) in [6.07, 6.45) is 0.456. The van der Waals surface area contributed by atoms with Crippen molar-refractivity contribution in [2.45, 2.75) is 59.1 Å². The van der Waals surface area contributed by atoms with E-state index in [9.17, 15) is 14.7 Å². The smallest absolute Gasteiger partial charge is 0.226 e. The minimum absolute atomic E-state index is 0.0464. The van der Waals surface area contributed by atoms with Crippen LogP contribution in [0.4, 0.5) is 0 Å². The number of nitrogens with zero attached hydrogens (tertiary/aromatic N) is 1. The average Bonchev–Trinajstić information content (AvgIpc) is 2.60. The van der Waals surface area contributed by atoms with E-state index in [0.717, 1.165) is 0 Å². The molecule has 27 heavy (non-hydrogen) atoms. The number of ketones is 1. The molecule has 0 aliphatic carbocycles. The first-order valence-electron chi connectivity index (χ1n) is 9.40. The fourth-order valence-corrected chi connectivity index (χ4v) is 3.74. The van der Waals surface area contributed by atoms with Crippen LogP contribution >= 0.6 is 12.2 Å². The van der Waals surface area contributed by atoms with Crippen LogP contribution in [0.1, 0.15) is 62.9 Å². The third kappa shape index (κ3) is 5.36. The van der Waals surface area contributed by atoms with Crippen molar-refractivity contribution in [2.75, 3.05) is 6.54 Å². The van der Waals surface area contributed by atoms with Crippen LogP contribution in [0.25, 0.3) is 0 Å². The number of Topliss-reactive ketones (excluding diaryl/α,β-unsaturated/α-hetero) is 1. The zero-order chi connectivity index (χ0) is 20.4. The van der Waals surface area contributed by atoms with Gasteiger partial charge in [0.1, 0.15) is 4.99 Å². The first kappa shape index (κ1) is 21.5. The van der Waals surface area contributed by atoms with Gasteiger partial charge in [0.05, 0.1) is 6.10 Å². The standard InChI is InChI=1S/C21H29N2O3S/c1-13(11-17(25)14-5-7-15(8-6-14)19(22)27)20(26)23-10-9-16(24)12-18(23)21(2,3)4/h5-8,13,16,18H,9-12H2,1-4H3,(H2,22,27)/t13?,16-,18?/m1/s1. The van der Waals surface area contributed by atoms with Gasteiger partial charge in [0, 0.05) is 36.1 Å². The lowest BCUT2D eigenvalue weighted by atomic mass is 9.79. The van der Waals surface area contributed by atoms with Gasteiger partial charge in [-0.1, -0.05) is 64.2 Å². The van der Waals surface area contributed by atoms with Crippen molar-refractivity contribution < 1.29 is 14.7 Å². The van der Waals surface area contributed by atoms with Crippen LogP contribution in [0.2, 0.25) is 0 Å². The highest BCUT2D eigenvalue weighted by molar-refractivity contribution is 7.80. The summed E-state index contributed by atoms with van der Waals surface area (Å²) in [4.78, 5) is 27.7. The molecule has 1 fully saturated rings. The molecule has 1 aromatic rings. The van der Waals surface area contributed by atoms with E-state index in [0.29, 0.717) is 30.5 Å². The quantitative estimate of drug-likeness (QED) is 0.618. The minimum atomic E-state index is -0.623. The molecule has 0 spiro atoms. The number of carbonyl (C=O) groups is 2. The molecule has 2 rings (SSSR count). The Bertz CT molecular complexity index is 709. The molecule has 1 amide bonds. The SMILES string of the molecule is CC(CC(=O)c1ccc(C(N)=S)cc1)C(=O)N1CC[C@@H]([O])CC1C(C)(C)C. The van der Waals surface area contributed by atoms with Gasteiger partial charge in [-0.25, -0.2) is 5.11 Å². The number of likely N-dealkylation sites (tertiary alicyclic amines) is 1. The molecule has 5 nitrogen and oxygen atoms in total. The molecule has 1 aromatic carbocycles. The summed E-state index contributed by atoms with van der Waals surface area (Å²) in [5, 5.41) is 12.0. The number of hydrogen-bond acceptors (Lipinski definition) is 3. The van der Waals surface area contributed by atoms with Crippen molar-refractivity contribution >= 4 is 28.9 Å². The molecule has 1 aliphatic rings. The van der Waals surface area contributed by atoms with Gasteiger partial charge >= 0.3 is 0 Å². The molecule has 0 bridgehead atoms.